The number of anilines is 2. The lowest BCUT2D eigenvalue weighted by atomic mass is 10.1. The van der Waals surface area contributed by atoms with Gasteiger partial charge in [0.2, 0.25) is 0 Å². The fraction of sp³-hybridized carbons (Fsp3) is 0.375. The van der Waals surface area contributed by atoms with E-state index in [4.69, 9.17) is 5.73 Å². The Hall–Kier alpha value is -1.62. The van der Waals surface area contributed by atoms with Crippen molar-refractivity contribution in [3.8, 4) is 11.4 Å². The van der Waals surface area contributed by atoms with Crippen LogP contribution in [0.4, 0.5) is 11.5 Å². The van der Waals surface area contributed by atoms with E-state index in [9.17, 15) is 0 Å². The summed E-state index contributed by atoms with van der Waals surface area (Å²) in [6, 6.07) is 6.43. The maximum Gasteiger partial charge on any atom is 0.161 e. The Morgan fingerprint density at radius 3 is 2.90 bits per heavy atom. The fourth-order valence-electron chi connectivity index (χ4n) is 2.75. The lowest BCUT2D eigenvalue weighted by Crippen LogP contribution is -2.12. The minimum atomic E-state index is 0.515. The van der Waals surface area contributed by atoms with Crippen molar-refractivity contribution < 1.29 is 0 Å². The second-order valence-corrected chi connectivity index (χ2v) is 6.25. The Bertz CT molecular complexity index is 684. The smallest absolute Gasteiger partial charge is 0.161 e. The molecule has 0 fully saturated rings. The van der Waals surface area contributed by atoms with Gasteiger partial charge >= 0.3 is 0 Å². The van der Waals surface area contributed by atoms with Crippen LogP contribution in [0.5, 0.6) is 0 Å². The molecule has 0 radical (unpaired) electrons. The highest BCUT2D eigenvalue weighted by Gasteiger charge is 2.17. The number of hydrogen-bond donors (Lipinski definition) is 1. The highest BCUT2D eigenvalue weighted by atomic mass is 79.9. The molecule has 2 heterocycles. The fourth-order valence-corrected chi connectivity index (χ4v) is 3.13. The number of aryl methyl sites for hydroxylation is 1. The summed E-state index contributed by atoms with van der Waals surface area (Å²) in [5.41, 5.74) is 10.7. The molecule has 5 heteroatoms. The van der Waals surface area contributed by atoms with E-state index in [1.807, 2.05) is 0 Å². The Morgan fingerprint density at radius 2 is 2.14 bits per heavy atom. The highest BCUT2D eigenvalue weighted by molar-refractivity contribution is 9.10. The highest BCUT2D eigenvalue weighted by Crippen LogP contribution is 2.32. The summed E-state index contributed by atoms with van der Waals surface area (Å²) < 4.78 is 0.828. The molecule has 1 aromatic carbocycles. The van der Waals surface area contributed by atoms with Crippen LogP contribution in [0.2, 0.25) is 0 Å². The van der Waals surface area contributed by atoms with Gasteiger partial charge in [0.15, 0.2) is 5.82 Å². The number of benzene rings is 1. The van der Waals surface area contributed by atoms with E-state index < -0.39 is 0 Å². The topological polar surface area (TPSA) is 55.0 Å². The van der Waals surface area contributed by atoms with Gasteiger partial charge in [0.05, 0.1) is 10.2 Å². The SMILES string of the molecule is CCCc1nc(-c2ccc3c(c2)CCN3C)nc(N)c1Br. The molecular weight excluding hydrogens is 328 g/mol. The largest absolute Gasteiger partial charge is 0.383 e. The first-order valence-electron chi connectivity index (χ1n) is 7.26. The first kappa shape index (κ1) is 14.3. The predicted molar refractivity (Wildman–Crippen MR) is 90.5 cm³/mol. The van der Waals surface area contributed by atoms with Crippen LogP contribution in [-0.4, -0.2) is 23.6 Å². The molecular formula is C16H19BrN4. The molecule has 1 aliphatic rings. The summed E-state index contributed by atoms with van der Waals surface area (Å²) in [5.74, 6) is 1.23. The van der Waals surface area contributed by atoms with Crippen LogP contribution in [0.3, 0.4) is 0 Å². The number of nitrogens with zero attached hydrogens (tertiary/aromatic N) is 3. The summed E-state index contributed by atoms with van der Waals surface area (Å²) >= 11 is 3.49. The summed E-state index contributed by atoms with van der Waals surface area (Å²) in [7, 11) is 2.12. The monoisotopic (exact) mass is 346 g/mol. The number of nitrogen functional groups attached to an aromatic ring is 1. The molecule has 1 aliphatic heterocycles. The molecule has 3 rings (SSSR count). The molecule has 0 atom stereocenters. The lowest BCUT2D eigenvalue weighted by molar-refractivity contribution is 0.870. The van der Waals surface area contributed by atoms with Crippen LogP contribution in [0.1, 0.15) is 24.6 Å². The second-order valence-electron chi connectivity index (χ2n) is 5.46. The van der Waals surface area contributed by atoms with Gasteiger partial charge < -0.3 is 10.6 Å². The van der Waals surface area contributed by atoms with Crippen molar-refractivity contribution in [3.05, 3.63) is 33.9 Å². The van der Waals surface area contributed by atoms with E-state index in [1.54, 1.807) is 0 Å². The number of likely N-dealkylation sites (N-methyl/N-ethyl adjacent to an activating group) is 1. The Morgan fingerprint density at radius 1 is 1.33 bits per heavy atom. The molecule has 2 aromatic rings. The van der Waals surface area contributed by atoms with Crippen LogP contribution in [0.25, 0.3) is 11.4 Å². The number of nitrogens with two attached hydrogens (primary N) is 1. The standard InChI is InChI=1S/C16H19BrN4/c1-3-4-12-14(17)15(18)20-16(19-12)11-5-6-13-10(9-11)7-8-21(13)2/h5-6,9H,3-4,7-8H2,1-2H3,(H2,18,19,20). The molecule has 0 bridgehead atoms. The Labute approximate surface area is 133 Å². The van der Waals surface area contributed by atoms with Crippen molar-refractivity contribution in [3.63, 3.8) is 0 Å². The van der Waals surface area contributed by atoms with E-state index in [2.05, 4.69) is 63.0 Å². The molecule has 0 unspecified atom stereocenters. The van der Waals surface area contributed by atoms with Crippen LogP contribution in [0.15, 0.2) is 22.7 Å². The van der Waals surface area contributed by atoms with Gasteiger partial charge in [0.25, 0.3) is 0 Å². The molecule has 0 saturated carbocycles. The third-order valence-corrected chi connectivity index (χ3v) is 4.76. The van der Waals surface area contributed by atoms with Crippen molar-refractivity contribution in [2.45, 2.75) is 26.2 Å². The molecule has 0 saturated heterocycles. The van der Waals surface area contributed by atoms with E-state index in [-0.39, 0.29) is 0 Å². The molecule has 0 spiro atoms. The van der Waals surface area contributed by atoms with Crippen LogP contribution in [0, 0.1) is 0 Å². The minimum Gasteiger partial charge on any atom is -0.383 e. The molecule has 110 valence electrons. The van der Waals surface area contributed by atoms with E-state index in [0.29, 0.717) is 5.82 Å². The first-order valence-corrected chi connectivity index (χ1v) is 8.05. The van der Waals surface area contributed by atoms with Crippen LogP contribution >= 0.6 is 15.9 Å². The minimum absolute atomic E-state index is 0.515. The average molecular weight is 347 g/mol. The van der Waals surface area contributed by atoms with Crippen molar-refractivity contribution in [1.82, 2.24) is 9.97 Å². The quantitative estimate of drug-likeness (QED) is 0.924. The van der Waals surface area contributed by atoms with E-state index in [0.717, 1.165) is 47.4 Å². The summed E-state index contributed by atoms with van der Waals surface area (Å²) in [5, 5.41) is 0. The first-order chi connectivity index (χ1) is 10.1. The summed E-state index contributed by atoms with van der Waals surface area (Å²) in [6.07, 6.45) is 3.00. The van der Waals surface area contributed by atoms with Gasteiger partial charge in [0.1, 0.15) is 5.82 Å². The zero-order valence-electron chi connectivity index (χ0n) is 12.4. The molecule has 1 aromatic heterocycles. The lowest BCUT2D eigenvalue weighted by Gasteiger charge is -2.12. The summed E-state index contributed by atoms with van der Waals surface area (Å²) in [6.45, 7) is 3.21. The zero-order chi connectivity index (χ0) is 15.0. The van der Waals surface area contributed by atoms with Gasteiger partial charge in [-0.2, -0.15) is 0 Å². The molecule has 0 amide bonds. The number of fused-ring (bicyclic) bond motifs is 1. The Kier molecular flexibility index (Phi) is 3.85. The average Bonchev–Trinajstić information content (AvgIpc) is 2.85. The van der Waals surface area contributed by atoms with Crippen LogP contribution in [-0.2, 0) is 12.8 Å². The summed E-state index contributed by atoms with van der Waals surface area (Å²) in [4.78, 5) is 11.4. The second kappa shape index (κ2) is 5.64. The van der Waals surface area contributed by atoms with Gasteiger partial charge in [-0.15, -0.1) is 0 Å². The maximum atomic E-state index is 6.02. The van der Waals surface area contributed by atoms with Gasteiger partial charge in [-0.1, -0.05) is 13.3 Å². The number of hydrogen-bond acceptors (Lipinski definition) is 4. The third-order valence-electron chi connectivity index (χ3n) is 3.90. The zero-order valence-corrected chi connectivity index (χ0v) is 13.9. The van der Waals surface area contributed by atoms with Gasteiger partial charge in [0, 0.05) is 24.8 Å². The number of aromatic nitrogens is 2. The molecule has 2 N–H and O–H groups in total. The van der Waals surface area contributed by atoms with Gasteiger partial charge in [-0.3, -0.25) is 0 Å². The molecule has 21 heavy (non-hydrogen) atoms. The van der Waals surface area contributed by atoms with E-state index in [1.165, 1.54) is 11.3 Å². The van der Waals surface area contributed by atoms with Gasteiger partial charge in [-0.05, 0) is 52.5 Å². The third kappa shape index (κ3) is 2.62. The van der Waals surface area contributed by atoms with Crippen molar-refractivity contribution in [2.75, 3.05) is 24.2 Å². The predicted octanol–water partition coefficient (Wildman–Crippen LogP) is 3.43. The molecule has 0 aliphatic carbocycles. The molecule has 4 nitrogen and oxygen atoms in total. The van der Waals surface area contributed by atoms with Crippen molar-refractivity contribution in [2.24, 2.45) is 0 Å². The number of rotatable bonds is 3. The number of halogens is 1. The van der Waals surface area contributed by atoms with Crippen molar-refractivity contribution in [1.29, 1.82) is 0 Å². The van der Waals surface area contributed by atoms with Crippen molar-refractivity contribution >= 4 is 27.4 Å². The van der Waals surface area contributed by atoms with E-state index >= 15 is 0 Å². The maximum absolute atomic E-state index is 6.02. The van der Waals surface area contributed by atoms with Crippen LogP contribution < -0.4 is 10.6 Å². The van der Waals surface area contributed by atoms with Gasteiger partial charge in [-0.25, -0.2) is 9.97 Å². The normalized spacial score (nSPS) is 13.6. The Balaban J connectivity index is 2.05.